The Labute approximate surface area is 98.4 Å². The van der Waals surface area contributed by atoms with Crippen LogP contribution in [0.4, 0.5) is 5.69 Å². The maximum atomic E-state index is 12.1. The van der Waals surface area contributed by atoms with Gasteiger partial charge in [0.05, 0.1) is 12.8 Å². The topological polar surface area (TPSA) is 75.6 Å². The number of para-hydroxylation sites is 1. The summed E-state index contributed by atoms with van der Waals surface area (Å²) in [5.41, 5.74) is -1.38. The number of rotatable bonds is 2. The van der Waals surface area contributed by atoms with Crippen molar-refractivity contribution < 1.29 is 19.4 Å². The molecule has 5 heteroatoms. The van der Waals surface area contributed by atoms with E-state index in [1.165, 1.54) is 7.11 Å². The van der Waals surface area contributed by atoms with Gasteiger partial charge >= 0.3 is 0 Å². The molecule has 1 heterocycles. The van der Waals surface area contributed by atoms with Crippen molar-refractivity contribution in [3.63, 3.8) is 0 Å². The lowest BCUT2D eigenvalue weighted by Gasteiger charge is -2.30. The number of nitrogens with one attached hydrogen (secondary N) is 1. The molecule has 0 spiro atoms. The number of ether oxygens (including phenoxy) is 1. The van der Waals surface area contributed by atoms with Crippen molar-refractivity contribution >= 4 is 17.4 Å². The number of fused-ring (bicyclic) bond motifs is 1. The number of methoxy groups -OCH3 is 1. The van der Waals surface area contributed by atoms with Crippen LogP contribution < -0.4 is 10.1 Å². The van der Waals surface area contributed by atoms with Crippen molar-refractivity contribution in [1.29, 1.82) is 0 Å². The number of ketones is 1. The first kappa shape index (κ1) is 11.6. The van der Waals surface area contributed by atoms with Crippen LogP contribution in [0.3, 0.4) is 0 Å². The minimum atomic E-state index is -1.97. The van der Waals surface area contributed by atoms with Crippen LogP contribution in [0.5, 0.6) is 5.75 Å². The largest absolute Gasteiger partial charge is 0.495 e. The van der Waals surface area contributed by atoms with Gasteiger partial charge in [-0.3, -0.25) is 9.59 Å². The standard InChI is InChI=1S/C12H13NO4/c1-3-12(16)10(14)7-5-4-6-8(17-2)9(7)13-11(12)15/h4-6,16H,3H2,1-2H3,(H,13,15)/t12-/m0/s1. The molecule has 0 aromatic heterocycles. The van der Waals surface area contributed by atoms with Gasteiger partial charge in [0, 0.05) is 5.56 Å². The molecule has 17 heavy (non-hydrogen) atoms. The zero-order valence-electron chi connectivity index (χ0n) is 9.61. The maximum absolute atomic E-state index is 12.1. The van der Waals surface area contributed by atoms with Crippen molar-refractivity contribution in [1.82, 2.24) is 0 Å². The fraction of sp³-hybridized carbons (Fsp3) is 0.333. The molecule has 90 valence electrons. The van der Waals surface area contributed by atoms with E-state index in [9.17, 15) is 14.7 Å². The summed E-state index contributed by atoms with van der Waals surface area (Å²) >= 11 is 0. The number of Topliss-reactive ketones (excluding diaryl/α,β-unsaturated/α-hetero) is 1. The number of carbonyl (C=O) groups excluding carboxylic acids is 2. The van der Waals surface area contributed by atoms with Gasteiger partial charge in [-0.15, -0.1) is 0 Å². The van der Waals surface area contributed by atoms with Gasteiger partial charge in [-0.2, -0.15) is 0 Å². The van der Waals surface area contributed by atoms with Crippen LogP contribution in [0.2, 0.25) is 0 Å². The summed E-state index contributed by atoms with van der Waals surface area (Å²) < 4.78 is 5.06. The highest BCUT2D eigenvalue weighted by molar-refractivity contribution is 6.26. The lowest BCUT2D eigenvalue weighted by molar-refractivity contribution is -0.130. The molecule has 0 radical (unpaired) electrons. The second-order valence-corrected chi connectivity index (χ2v) is 3.88. The smallest absolute Gasteiger partial charge is 0.264 e. The highest BCUT2D eigenvalue weighted by Crippen LogP contribution is 2.36. The molecule has 5 nitrogen and oxygen atoms in total. The number of aliphatic hydroxyl groups is 1. The highest BCUT2D eigenvalue weighted by atomic mass is 16.5. The second kappa shape index (κ2) is 3.85. The molecule has 1 atom stereocenters. The molecule has 2 rings (SSSR count). The molecule has 0 bridgehead atoms. The van der Waals surface area contributed by atoms with Crippen molar-refractivity contribution in [2.45, 2.75) is 18.9 Å². The Morgan fingerprint density at radius 2 is 2.12 bits per heavy atom. The summed E-state index contributed by atoms with van der Waals surface area (Å²) in [5.74, 6) is -0.887. The van der Waals surface area contributed by atoms with Crippen molar-refractivity contribution in [3.05, 3.63) is 23.8 Å². The average Bonchev–Trinajstić information content (AvgIpc) is 2.35. The number of amides is 1. The minimum absolute atomic E-state index is 0.0360. The van der Waals surface area contributed by atoms with Gasteiger partial charge in [0.25, 0.3) is 5.91 Å². The molecule has 2 N–H and O–H groups in total. The van der Waals surface area contributed by atoms with E-state index in [0.717, 1.165) is 0 Å². The van der Waals surface area contributed by atoms with Crippen LogP contribution in [-0.2, 0) is 4.79 Å². The van der Waals surface area contributed by atoms with E-state index in [2.05, 4.69) is 5.32 Å². The molecule has 0 saturated carbocycles. The first-order chi connectivity index (χ1) is 8.04. The fourth-order valence-corrected chi connectivity index (χ4v) is 1.88. The zero-order valence-corrected chi connectivity index (χ0v) is 9.61. The van der Waals surface area contributed by atoms with Crippen LogP contribution in [0.1, 0.15) is 23.7 Å². The Bertz CT molecular complexity index is 497. The second-order valence-electron chi connectivity index (χ2n) is 3.88. The summed E-state index contributed by atoms with van der Waals surface area (Å²) in [4.78, 5) is 23.8. The highest BCUT2D eigenvalue weighted by Gasteiger charge is 2.47. The van der Waals surface area contributed by atoms with E-state index in [1.54, 1.807) is 25.1 Å². The average molecular weight is 235 g/mol. The number of carbonyl (C=O) groups is 2. The summed E-state index contributed by atoms with van der Waals surface area (Å²) in [6.07, 6.45) is 0.0360. The first-order valence-electron chi connectivity index (χ1n) is 5.30. The van der Waals surface area contributed by atoms with Gasteiger partial charge in [0.1, 0.15) is 5.75 Å². The molecular formula is C12H13NO4. The zero-order chi connectivity index (χ0) is 12.6. The number of hydrogen-bond acceptors (Lipinski definition) is 4. The maximum Gasteiger partial charge on any atom is 0.264 e. The van der Waals surface area contributed by atoms with Crippen LogP contribution in [-0.4, -0.2) is 29.5 Å². The van der Waals surface area contributed by atoms with Gasteiger partial charge < -0.3 is 15.2 Å². The Hall–Kier alpha value is -1.88. The lowest BCUT2D eigenvalue weighted by Crippen LogP contribution is -2.52. The van der Waals surface area contributed by atoms with E-state index in [-0.39, 0.29) is 12.0 Å². The number of hydrogen-bond donors (Lipinski definition) is 2. The predicted octanol–water partition coefficient (Wildman–Crippen LogP) is 0.971. The monoisotopic (exact) mass is 235 g/mol. The molecule has 1 aromatic rings. The lowest BCUT2D eigenvalue weighted by atomic mass is 9.85. The van der Waals surface area contributed by atoms with Crippen LogP contribution in [0, 0.1) is 0 Å². The quantitative estimate of drug-likeness (QED) is 0.749. The van der Waals surface area contributed by atoms with E-state index in [0.29, 0.717) is 11.4 Å². The van der Waals surface area contributed by atoms with Crippen LogP contribution in [0.25, 0.3) is 0 Å². The fourth-order valence-electron chi connectivity index (χ4n) is 1.88. The van der Waals surface area contributed by atoms with Crippen LogP contribution in [0.15, 0.2) is 18.2 Å². The molecule has 0 unspecified atom stereocenters. The summed E-state index contributed by atoms with van der Waals surface area (Å²) in [6, 6.07) is 4.84. The number of anilines is 1. The van der Waals surface area contributed by atoms with E-state index in [1.807, 2.05) is 0 Å². The van der Waals surface area contributed by atoms with E-state index < -0.39 is 17.3 Å². The molecule has 0 saturated heterocycles. The first-order valence-corrected chi connectivity index (χ1v) is 5.30. The third kappa shape index (κ3) is 1.51. The van der Waals surface area contributed by atoms with Crippen molar-refractivity contribution in [2.24, 2.45) is 0 Å². The van der Waals surface area contributed by atoms with Gasteiger partial charge in [0.2, 0.25) is 11.4 Å². The van der Waals surface area contributed by atoms with Gasteiger partial charge in [0.15, 0.2) is 0 Å². The summed E-state index contributed by atoms with van der Waals surface area (Å²) in [5, 5.41) is 12.5. The normalized spacial score (nSPS) is 23.0. The predicted molar refractivity (Wildman–Crippen MR) is 61.2 cm³/mol. The van der Waals surface area contributed by atoms with E-state index in [4.69, 9.17) is 4.74 Å². The SMILES string of the molecule is CC[C@@]1(O)C(=O)Nc2c(OC)cccc2C1=O. The Balaban J connectivity index is 2.61. The van der Waals surface area contributed by atoms with Crippen molar-refractivity contribution in [2.75, 3.05) is 12.4 Å². The Kier molecular flexibility index (Phi) is 2.63. The van der Waals surface area contributed by atoms with Crippen LogP contribution >= 0.6 is 0 Å². The molecule has 1 amide bonds. The van der Waals surface area contributed by atoms with E-state index >= 15 is 0 Å². The third-order valence-corrected chi connectivity index (χ3v) is 2.99. The molecule has 0 aliphatic carbocycles. The number of benzene rings is 1. The van der Waals surface area contributed by atoms with Gasteiger partial charge in [-0.25, -0.2) is 0 Å². The summed E-state index contributed by atoms with van der Waals surface area (Å²) in [7, 11) is 1.45. The Morgan fingerprint density at radius 3 is 2.71 bits per heavy atom. The Morgan fingerprint density at radius 1 is 1.41 bits per heavy atom. The molecule has 1 aliphatic heterocycles. The van der Waals surface area contributed by atoms with Gasteiger partial charge in [-0.05, 0) is 18.6 Å². The minimum Gasteiger partial charge on any atom is -0.495 e. The van der Waals surface area contributed by atoms with Gasteiger partial charge in [-0.1, -0.05) is 13.0 Å². The molecule has 1 aliphatic rings. The molecule has 0 fully saturated rings. The third-order valence-electron chi connectivity index (χ3n) is 2.99. The molecular weight excluding hydrogens is 222 g/mol. The summed E-state index contributed by atoms with van der Waals surface area (Å²) in [6.45, 7) is 1.59. The molecule has 1 aromatic carbocycles. The van der Waals surface area contributed by atoms with Crippen molar-refractivity contribution in [3.8, 4) is 5.75 Å².